The van der Waals surface area contributed by atoms with Gasteiger partial charge in [0.1, 0.15) is 18.9 Å². The molecule has 8 heteroatoms. The largest absolute Gasteiger partial charge is 0.493 e. The predicted molar refractivity (Wildman–Crippen MR) is 111 cm³/mol. The topological polar surface area (TPSA) is 101 Å². The Morgan fingerprint density at radius 3 is 2.76 bits per heavy atom. The maximum absolute atomic E-state index is 12.0. The van der Waals surface area contributed by atoms with Crippen LogP contribution in [0.5, 0.6) is 11.6 Å². The molecule has 7 nitrogen and oxygen atoms in total. The number of hydrogen-bond donors (Lipinski definition) is 2. The van der Waals surface area contributed by atoms with Gasteiger partial charge in [0.25, 0.3) is 0 Å². The van der Waals surface area contributed by atoms with Crippen LogP contribution in [0.1, 0.15) is 16.0 Å². The number of benzene rings is 2. The van der Waals surface area contributed by atoms with Crippen molar-refractivity contribution in [2.75, 3.05) is 0 Å². The van der Waals surface area contributed by atoms with Crippen LogP contribution in [0.25, 0.3) is 11.6 Å². The molecule has 3 aromatic rings. The summed E-state index contributed by atoms with van der Waals surface area (Å²) in [6.07, 6.45) is 3.26. The molecular formula is C21H16N2O5S. The molecule has 0 unspecified atom stereocenters. The summed E-state index contributed by atoms with van der Waals surface area (Å²) >= 11 is 0.781. The first-order chi connectivity index (χ1) is 14.0. The van der Waals surface area contributed by atoms with Gasteiger partial charge in [-0.05, 0) is 29.8 Å². The number of thiazole rings is 1. The molecular weight excluding hydrogens is 392 g/mol. The van der Waals surface area contributed by atoms with Gasteiger partial charge >= 0.3 is 10.8 Å². The lowest BCUT2D eigenvalue weighted by molar-refractivity contribution is -0.137. The van der Waals surface area contributed by atoms with E-state index < -0.39 is 17.4 Å². The minimum atomic E-state index is -1.20. The van der Waals surface area contributed by atoms with Gasteiger partial charge < -0.3 is 14.9 Å². The molecule has 1 aromatic heterocycles. The summed E-state index contributed by atoms with van der Waals surface area (Å²) in [5.74, 6) is -0.898. The molecule has 0 radical (unpaired) electrons. The third kappa shape index (κ3) is 3.97. The van der Waals surface area contributed by atoms with E-state index in [1.165, 1.54) is 0 Å². The molecule has 0 saturated carbocycles. The number of carboxylic acids is 1. The van der Waals surface area contributed by atoms with Gasteiger partial charge in [-0.3, -0.25) is 19.1 Å². The number of rotatable bonds is 6. The van der Waals surface area contributed by atoms with Crippen LogP contribution in [0, 0.1) is 0 Å². The van der Waals surface area contributed by atoms with Gasteiger partial charge in [-0.1, -0.05) is 41.7 Å². The normalized spacial score (nSPS) is 13.6. The lowest BCUT2D eigenvalue weighted by Crippen LogP contribution is -2.18. The monoisotopic (exact) mass is 408 g/mol. The third-order valence-corrected chi connectivity index (χ3v) is 5.26. The highest BCUT2D eigenvalue weighted by molar-refractivity contribution is 7.10. The molecule has 0 fully saturated rings. The van der Waals surface area contributed by atoms with Crippen molar-refractivity contribution < 1.29 is 19.7 Å². The fourth-order valence-electron chi connectivity index (χ4n) is 2.94. The van der Waals surface area contributed by atoms with Crippen LogP contribution >= 0.6 is 11.3 Å². The Balaban J connectivity index is 1.60. The van der Waals surface area contributed by atoms with E-state index in [0.717, 1.165) is 32.7 Å². The Morgan fingerprint density at radius 1 is 1.21 bits per heavy atom. The number of aliphatic carboxylic acids is 1. The highest BCUT2D eigenvalue weighted by atomic mass is 32.1. The molecule has 146 valence electrons. The summed E-state index contributed by atoms with van der Waals surface area (Å²) in [6.45, 7) is -0.160. The first-order valence-corrected chi connectivity index (χ1v) is 9.54. The Labute approximate surface area is 169 Å². The second-order valence-electron chi connectivity index (χ2n) is 6.35. The van der Waals surface area contributed by atoms with Crippen molar-refractivity contribution >= 4 is 40.9 Å². The lowest BCUT2D eigenvalue weighted by atomic mass is 10.1. The van der Waals surface area contributed by atoms with Crippen LogP contribution in [0.4, 0.5) is 5.69 Å². The average molecular weight is 408 g/mol. The zero-order valence-corrected chi connectivity index (χ0v) is 15.9. The molecule has 2 N–H and O–H groups in total. The van der Waals surface area contributed by atoms with E-state index in [-0.39, 0.29) is 10.8 Å². The highest BCUT2D eigenvalue weighted by Gasteiger charge is 2.18. The summed E-state index contributed by atoms with van der Waals surface area (Å²) in [5, 5.41) is 19.1. The second-order valence-corrected chi connectivity index (χ2v) is 7.34. The molecule has 0 amide bonds. The average Bonchev–Trinajstić information content (AvgIpc) is 3.23. The number of hydrogen-bond acceptors (Lipinski definition) is 6. The molecule has 1 aliphatic heterocycles. The maximum atomic E-state index is 12.0. The fraction of sp³-hybridized carbons (Fsp3) is 0.0952. The van der Waals surface area contributed by atoms with Gasteiger partial charge in [-0.15, -0.1) is 0 Å². The molecule has 0 bridgehead atoms. The molecule has 1 aliphatic rings. The van der Waals surface area contributed by atoms with Gasteiger partial charge in [0.05, 0.1) is 10.6 Å². The minimum Gasteiger partial charge on any atom is -0.493 e. The van der Waals surface area contributed by atoms with Crippen molar-refractivity contribution in [1.29, 1.82) is 0 Å². The van der Waals surface area contributed by atoms with Crippen LogP contribution in [-0.2, 0) is 17.9 Å². The van der Waals surface area contributed by atoms with Crippen molar-refractivity contribution in [2.24, 2.45) is 4.99 Å². The zero-order chi connectivity index (χ0) is 20.4. The van der Waals surface area contributed by atoms with Crippen molar-refractivity contribution in [1.82, 2.24) is 4.57 Å². The quantitative estimate of drug-likeness (QED) is 0.650. The highest BCUT2D eigenvalue weighted by Crippen LogP contribution is 2.37. The smallest absolute Gasteiger partial charge is 0.323 e. The molecule has 2 aromatic carbocycles. The zero-order valence-electron chi connectivity index (χ0n) is 15.1. The van der Waals surface area contributed by atoms with Crippen LogP contribution in [0.15, 0.2) is 58.3 Å². The second kappa shape index (κ2) is 7.76. The number of carbonyl (C=O) groups is 1. The van der Waals surface area contributed by atoms with Gasteiger partial charge in [-0.2, -0.15) is 0 Å². The number of allylic oxidation sites excluding steroid dienone is 1. The lowest BCUT2D eigenvalue weighted by Gasteiger charge is -2.08. The Bertz CT molecular complexity index is 1190. The molecule has 2 heterocycles. The van der Waals surface area contributed by atoms with Gasteiger partial charge in [0.2, 0.25) is 5.88 Å². The first-order valence-electron chi connectivity index (χ1n) is 8.72. The van der Waals surface area contributed by atoms with Gasteiger partial charge in [0.15, 0.2) is 0 Å². The number of ether oxygens (including phenoxy) is 1. The van der Waals surface area contributed by atoms with E-state index in [1.807, 2.05) is 48.5 Å². The van der Waals surface area contributed by atoms with Crippen LogP contribution in [0.3, 0.4) is 0 Å². The van der Waals surface area contributed by atoms with E-state index in [0.29, 0.717) is 17.9 Å². The molecule has 4 rings (SSSR count). The number of carboxylic acid groups (broad SMARTS) is 1. The Kier molecular flexibility index (Phi) is 5.01. The number of aromatic hydroxyl groups is 1. The molecule has 0 saturated heterocycles. The third-order valence-electron chi connectivity index (χ3n) is 4.34. The van der Waals surface area contributed by atoms with Crippen LogP contribution in [-0.4, -0.2) is 27.0 Å². The van der Waals surface area contributed by atoms with E-state index >= 15 is 0 Å². The summed E-state index contributed by atoms with van der Waals surface area (Å²) in [7, 11) is 0. The van der Waals surface area contributed by atoms with E-state index in [2.05, 4.69) is 4.99 Å². The number of fused-ring (bicyclic) bond motifs is 1. The van der Waals surface area contributed by atoms with Crippen molar-refractivity contribution in [3.8, 4) is 11.6 Å². The predicted octanol–water partition coefficient (Wildman–Crippen LogP) is 3.54. The number of nitrogens with zero attached hydrogens (tertiary/aromatic N) is 2. The molecule has 29 heavy (non-hydrogen) atoms. The summed E-state index contributed by atoms with van der Waals surface area (Å²) in [6, 6.07) is 15.3. The van der Waals surface area contributed by atoms with Crippen LogP contribution < -0.4 is 9.61 Å². The SMILES string of the molecule is O=C(O)Cn1c(O)c(C=C2C=Nc3ccc(OCc4ccccc4)cc32)sc1=O. The maximum Gasteiger partial charge on any atom is 0.323 e. The van der Waals surface area contributed by atoms with Gasteiger partial charge in [-0.25, -0.2) is 0 Å². The molecule has 0 aliphatic carbocycles. The van der Waals surface area contributed by atoms with E-state index in [9.17, 15) is 14.7 Å². The summed E-state index contributed by atoms with van der Waals surface area (Å²) in [5.41, 5.74) is 3.30. The van der Waals surface area contributed by atoms with E-state index in [1.54, 1.807) is 12.3 Å². The first kappa shape index (κ1) is 18.7. The van der Waals surface area contributed by atoms with Crippen molar-refractivity contribution in [3.05, 3.63) is 74.2 Å². The Morgan fingerprint density at radius 2 is 2.00 bits per heavy atom. The van der Waals surface area contributed by atoms with Crippen molar-refractivity contribution in [3.63, 3.8) is 0 Å². The van der Waals surface area contributed by atoms with Crippen molar-refractivity contribution in [2.45, 2.75) is 13.2 Å². The minimum absolute atomic E-state index is 0.279. The summed E-state index contributed by atoms with van der Waals surface area (Å²) < 4.78 is 6.68. The van der Waals surface area contributed by atoms with Gasteiger partial charge in [0, 0.05) is 17.4 Å². The number of aliphatic imine (C=N–C) groups is 1. The number of aromatic nitrogens is 1. The molecule has 0 spiro atoms. The van der Waals surface area contributed by atoms with Crippen LogP contribution in [0.2, 0.25) is 0 Å². The van der Waals surface area contributed by atoms with E-state index in [4.69, 9.17) is 9.84 Å². The summed E-state index contributed by atoms with van der Waals surface area (Å²) in [4.78, 5) is 26.9. The standard InChI is InChI=1S/C21H16N2O5S/c24-19(25)11-23-20(26)18(29-21(23)27)8-14-10-22-17-7-6-15(9-16(14)17)28-12-13-4-2-1-3-5-13/h1-10,26H,11-12H2,(H,24,25). The Hall–Kier alpha value is -3.65. The molecule has 0 atom stereocenters. The fourth-order valence-corrected chi connectivity index (χ4v) is 3.77.